The Morgan fingerprint density at radius 3 is 1.41 bits per heavy atom. The molecule has 1 N–H and O–H groups in total. The Kier molecular flexibility index (Phi) is 25.8. The van der Waals surface area contributed by atoms with E-state index >= 15 is 0 Å². The second kappa shape index (κ2) is 18.7. The second-order valence-corrected chi connectivity index (χ2v) is 7.32. The number of rotatable bonds is 11. The lowest BCUT2D eigenvalue weighted by atomic mass is 9.90. The maximum atomic E-state index is 9.04. The molecule has 0 radical (unpaired) electrons. The summed E-state index contributed by atoms with van der Waals surface area (Å²) in [5, 5.41) is 9.04. The van der Waals surface area contributed by atoms with Crippen molar-refractivity contribution in [2.24, 2.45) is 11.8 Å². The van der Waals surface area contributed by atoms with Gasteiger partial charge in [-0.1, -0.05) is 69.2 Å². The summed E-state index contributed by atoms with van der Waals surface area (Å²) < 4.78 is 16.9. The van der Waals surface area contributed by atoms with E-state index in [0.717, 1.165) is 12.8 Å². The predicted molar refractivity (Wildman–Crippen MR) is 121 cm³/mol. The van der Waals surface area contributed by atoms with Crippen LogP contribution in [0, 0.1) is 23.7 Å². The molecule has 0 saturated heterocycles. The standard InChI is InChI=1S/C19H36O4.4CH4/c1-16(2)14-18(5,22-11-10-20)8-9-19(6,15-17(3)4)23-13-12-21-7;;;;/h16-17,20H,10-15H2,1-7H3;4*1H4. The SMILES string of the molecule is C.C.C.C.COCCOC(C)(C#CC(C)(CC(C)C)OCCO)CC(C)C. The first-order valence-corrected chi connectivity index (χ1v) is 8.58. The van der Waals surface area contributed by atoms with E-state index in [1.54, 1.807) is 7.11 Å². The lowest BCUT2D eigenvalue weighted by Crippen LogP contribution is -2.34. The number of methoxy groups -OCH3 is 1. The van der Waals surface area contributed by atoms with Crippen LogP contribution in [0.5, 0.6) is 0 Å². The van der Waals surface area contributed by atoms with Gasteiger partial charge in [0, 0.05) is 7.11 Å². The predicted octanol–water partition coefficient (Wildman–Crippen LogP) is 5.82. The van der Waals surface area contributed by atoms with Gasteiger partial charge in [0.1, 0.15) is 11.2 Å². The summed E-state index contributed by atoms with van der Waals surface area (Å²) in [6.45, 7) is 14.0. The van der Waals surface area contributed by atoms with Crippen molar-refractivity contribution >= 4 is 0 Å². The molecule has 0 aliphatic carbocycles. The summed E-state index contributed by atoms with van der Waals surface area (Å²) in [4.78, 5) is 0. The minimum atomic E-state index is -0.570. The monoisotopic (exact) mass is 392 g/mol. The summed E-state index contributed by atoms with van der Waals surface area (Å²) in [5.74, 6) is 7.53. The summed E-state index contributed by atoms with van der Waals surface area (Å²) >= 11 is 0. The number of ether oxygens (including phenoxy) is 3. The molecule has 0 aromatic heterocycles. The van der Waals surface area contributed by atoms with Crippen LogP contribution in [0.15, 0.2) is 0 Å². The molecule has 0 amide bonds. The molecule has 168 valence electrons. The lowest BCUT2D eigenvalue weighted by molar-refractivity contribution is -0.0296. The summed E-state index contributed by atoms with van der Waals surface area (Å²) in [7, 11) is 1.66. The van der Waals surface area contributed by atoms with Crippen molar-refractivity contribution in [3.05, 3.63) is 0 Å². The van der Waals surface area contributed by atoms with Crippen LogP contribution in [0.3, 0.4) is 0 Å². The minimum absolute atomic E-state index is 0. The largest absolute Gasteiger partial charge is 0.394 e. The molecule has 2 atom stereocenters. The molecule has 0 bridgehead atoms. The fourth-order valence-electron chi connectivity index (χ4n) is 2.74. The highest BCUT2D eigenvalue weighted by Crippen LogP contribution is 2.24. The molecule has 0 rings (SSSR count). The van der Waals surface area contributed by atoms with Gasteiger partial charge in [0.2, 0.25) is 0 Å². The van der Waals surface area contributed by atoms with Crippen LogP contribution in [0.2, 0.25) is 0 Å². The van der Waals surface area contributed by atoms with Crippen molar-refractivity contribution in [1.82, 2.24) is 0 Å². The maximum Gasteiger partial charge on any atom is 0.126 e. The van der Waals surface area contributed by atoms with E-state index in [1.807, 2.05) is 13.8 Å². The highest BCUT2D eigenvalue weighted by molar-refractivity contribution is 5.20. The maximum absolute atomic E-state index is 9.04. The average Bonchev–Trinajstić information content (AvgIpc) is 2.42. The van der Waals surface area contributed by atoms with E-state index in [4.69, 9.17) is 19.3 Å². The Morgan fingerprint density at radius 1 is 0.741 bits per heavy atom. The van der Waals surface area contributed by atoms with Crippen LogP contribution in [-0.2, 0) is 14.2 Å². The average molecular weight is 393 g/mol. The lowest BCUT2D eigenvalue weighted by Gasteiger charge is -2.29. The van der Waals surface area contributed by atoms with E-state index in [2.05, 4.69) is 39.5 Å². The van der Waals surface area contributed by atoms with Gasteiger partial charge < -0.3 is 19.3 Å². The van der Waals surface area contributed by atoms with Gasteiger partial charge in [0.05, 0.1) is 26.4 Å². The van der Waals surface area contributed by atoms with Crippen LogP contribution in [0.4, 0.5) is 0 Å². The zero-order chi connectivity index (χ0) is 17.9. The molecular formula is C23H52O4. The number of aliphatic hydroxyl groups is 1. The summed E-state index contributed by atoms with van der Waals surface area (Å²) in [6.07, 6.45) is 1.66. The Balaban J connectivity index is -0.000000403. The Morgan fingerprint density at radius 2 is 1.11 bits per heavy atom. The number of hydrogen-bond acceptors (Lipinski definition) is 4. The third kappa shape index (κ3) is 18.5. The van der Waals surface area contributed by atoms with Crippen LogP contribution < -0.4 is 0 Å². The molecule has 0 aromatic carbocycles. The van der Waals surface area contributed by atoms with E-state index in [9.17, 15) is 0 Å². The minimum Gasteiger partial charge on any atom is -0.394 e. The molecule has 0 spiro atoms. The van der Waals surface area contributed by atoms with E-state index in [-0.39, 0.29) is 36.3 Å². The third-order valence-electron chi connectivity index (χ3n) is 3.41. The first kappa shape index (κ1) is 37.2. The second-order valence-electron chi connectivity index (χ2n) is 7.32. The molecule has 0 fully saturated rings. The van der Waals surface area contributed by atoms with Crippen LogP contribution in [0.1, 0.15) is 84.1 Å². The molecule has 4 nitrogen and oxygen atoms in total. The number of aliphatic hydroxyl groups excluding tert-OH is 1. The van der Waals surface area contributed by atoms with E-state index in [0.29, 0.717) is 31.7 Å². The molecule has 0 aliphatic rings. The van der Waals surface area contributed by atoms with Crippen LogP contribution in [-0.4, -0.2) is 49.8 Å². The molecule has 4 heteroatoms. The van der Waals surface area contributed by atoms with Gasteiger partial charge in [-0.15, -0.1) is 0 Å². The molecule has 2 unspecified atom stereocenters. The van der Waals surface area contributed by atoms with Crippen molar-refractivity contribution in [3.8, 4) is 11.8 Å². The first-order chi connectivity index (χ1) is 10.7. The van der Waals surface area contributed by atoms with Crippen molar-refractivity contribution < 1.29 is 19.3 Å². The fraction of sp³-hybridized carbons (Fsp3) is 0.913. The van der Waals surface area contributed by atoms with Crippen molar-refractivity contribution in [2.75, 3.05) is 33.5 Å². The zero-order valence-corrected chi connectivity index (χ0v) is 16.1. The van der Waals surface area contributed by atoms with Crippen molar-refractivity contribution in [1.29, 1.82) is 0 Å². The van der Waals surface area contributed by atoms with E-state index in [1.165, 1.54) is 0 Å². The first-order valence-electron chi connectivity index (χ1n) is 8.58. The van der Waals surface area contributed by atoms with Gasteiger partial charge in [-0.2, -0.15) is 0 Å². The summed E-state index contributed by atoms with van der Waals surface area (Å²) in [6, 6.07) is 0. The highest BCUT2D eigenvalue weighted by Gasteiger charge is 2.28. The Bertz CT molecular complexity index is 370. The molecule has 27 heavy (non-hydrogen) atoms. The van der Waals surface area contributed by atoms with Gasteiger partial charge in [-0.05, 0) is 38.5 Å². The molecule has 0 heterocycles. The van der Waals surface area contributed by atoms with Gasteiger partial charge >= 0.3 is 0 Å². The molecule has 0 saturated carbocycles. The summed E-state index contributed by atoms with van der Waals surface area (Å²) in [5.41, 5.74) is -1.09. The molecule has 0 aliphatic heterocycles. The molecule has 0 aromatic rings. The van der Waals surface area contributed by atoms with E-state index < -0.39 is 11.2 Å². The molecular weight excluding hydrogens is 340 g/mol. The fourth-order valence-corrected chi connectivity index (χ4v) is 2.74. The van der Waals surface area contributed by atoms with Gasteiger partial charge in [0.25, 0.3) is 0 Å². The van der Waals surface area contributed by atoms with Gasteiger partial charge in [-0.25, -0.2) is 0 Å². The number of hydrogen-bond donors (Lipinski definition) is 1. The Labute approximate surface area is 172 Å². The van der Waals surface area contributed by atoms with Gasteiger partial charge in [0.15, 0.2) is 0 Å². The van der Waals surface area contributed by atoms with Crippen molar-refractivity contribution in [2.45, 2.75) is 95.3 Å². The van der Waals surface area contributed by atoms with Crippen LogP contribution >= 0.6 is 0 Å². The highest BCUT2D eigenvalue weighted by atomic mass is 16.5. The Hall–Kier alpha value is -0.600. The third-order valence-corrected chi connectivity index (χ3v) is 3.41. The zero-order valence-electron chi connectivity index (χ0n) is 16.1. The normalized spacial score (nSPS) is 14.3. The van der Waals surface area contributed by atoms with Crippen LogP contribution in [0.25, 0.3) is 0 Å². The van der Waals surface area contributed by atoms with Gasteiger partial charge in [-0.3, -0.25) is 0 Å². The topological polar surface area (TPSA) is 47.9 Å². The quantitative estimate of drug-likeness (QED) is 0.356. The smallest absolute Gasteiger partial charge is 0.126 e. The van der Waals surface area contributed by atoms with Crippen molar-refractivity contribution in [3.63, 3.8) is 0 Å².